The molecule has 1 fully saturated rings. The number of thioether (sulfide) groups is 1. The summed E-state index contributed by atoms with van der Waals surface area (Å²) in [7, 11) is 1.69. The number of nitrogens with one attached hydrogen (secondary N) is 1. The molecule has 82 valence electrons. The molecule has 1 N–H and O–H groups in total. The first-order valence-corrected chi connectivity index (χ1v) is 5.91. The van der Waals surface area contributed by atoms with Crippen LogP contribution in [-0.4, -0.2) is 43.5 Å². The first-order chi connectivity index (χ1) is 6.72. The Morgan fingerprint density at radius 1 is 1.64 bits per heavy atom. The van der Waals surface area contributed by atoms with Crippen molar-refractivity contribution < 1.29 is 14.3 Å². The largest absolute Gasteiger partial charge is 0.450 e. The first-order valence-electron chi connectivity index (χ1n) is 4.76. The summed E-state index contributed by atoms with van der Waals surface area (Å²) in [6, 6.07) is 0. The highest BCUT2D eigenvalue weighted by Crippen LogP contribution is 2.30. The topological polar surface area (TPSA) is 47.6 Å². The monoisotopic (exact) mass is 219 g/mol. The Bertz CT molecular complexity index is 192. The molecule has 0 unspecified atom stereocenters. The Morgan fingerprint density at radius 2 is 2.43 bits per heavy atom. The molecule has 0 aromatic rings. The molecule has 1 aliphatic heterocycles. The van der Waals surface area contributed by atoms with Crippen LogP contribution in [0.4, 0.5) is 4.79 Å². The standard InChI is InChI=1S/C9H17NO3S/c1-3-13-8(11)10-6-9(12-2)4-5-14-7-9/h3-7H2,1-2H3,(H,10,11)/t9-/m0/s1. The summed E-state index contributed by atoms with van der Waals surface area (Å²) in [6.07, 6.45) is 0.626. The van der Waals surface area contributed by atoms with E-state index in [1.54, 1.807) is 14.0 Å². The molecule has 4 nitrogen and oxygen atoms in total. The van der Waals surface area contributed by atoms with Crippen molar-refractivity contribution in [3.8, 4) is 0 Å². The van der Waals surface area contributed by atoms with E-state index in [-0.39, 0.29) is 11.7 Å². The molecular weight excluding hydrogens is 202 g/mol. The van der Waals surface area contributed by atoms with Gasteiger partial charge in [-0.3, -0.25) is 0 Å². The lowest BCUT2D eigenvalue weighted by molar-refractivity contribution is 0.0131. The van der Waals surface area contributed by atoms with E-state index in [1.165, 1.54) is 0 Å². The van der Waals surface area contributed by atoms with Gasteiger partial charge < -0.3 is 14.8 Å². The molecule has 0 bridgehead atoms. The third-order valence-corrected chi connectivity index (χ3v) is 3.55. The summed E-state index contributed by atoms with van der Waals surface area (Å²) in [5.41, 5.74) is -0.183. The fourth-order valence-corrected chi connectivity index (χ4v) is 2.77. The van der Waals surface area contributed by atoms with E-state index in [1.807, 2.05) is 11.8 Å². The van der Waals surface area contributed by atoms with Crippen molar-refractivity contribution in [1.29, 1.82) is 0 Å². The molecule has 1 atom stereocenters. The molecule has 14 heavy (non-hydrogen) atoms. The van der Waals surface area contributed by atoms with E-state index in [9.17, 15) is 4.79 Å². The molecule has 1 rings (SSSR count). The highest BCUT2D eigenvalue weighted by molar-refractivity contribution is 7.99. The smallest absolute Gasteiger partial charge is 0.407 e. The minimum absolute atomic E-state index is 0.183. The van der Waals surface area contributed by atoms with Gasteiger partial charge in [-0.15, -0.1) is 0 Å². The Labute approximate surface area is 88.7 Å². The second-order valence-electron chi connectivity index (χ2n) is 3.26. The van der Waals surface area contributed by atoms with Crippen molar-refractivity contribution in [3.05, 3.63) is 0 Å². The normalized spacial score (nSPS) is 26.1. The number of ether oxygens (including phenoxy) is 2. The maximum atomic E-state index is 11.1. The van der Waals surface area contributed by atoms with E-state index in [0.717, 1.165) is 17.9 Å². The number of alkyl carbamates (subject to hydrolysis) is 1. The molecular formula is C9H17NO3S. The van der Waals surface area contributed by atoms with E-state index < -0.39 is 0 Å². The fourth-order valence-electron chi connectivity index (χ4n) is 1.38. The lowest BCUT2D eigenvalue weighted by Gasteiger charge is -2.26. The maximum Gasteiger partial charge on any atom is 0.407 e. The van der Waals surface area contributed by atoms with Crippen LogP contribution < -0.4 is 5.32 Å². The predicted molar refractivity (Wildman–Crippen MR) is 56.7 cm³/mol. The molecule has 1 saturated heterocycles. The quantitative estimate of drug-likeness (QED) is 0.773. The van der Waals surface area contributed by atoms with Gasteiger partial charge in [-0.2, -0.15) is 11.8 Å². The van der Waals surface area contributed by atoms with Crippen LogP contribution in [0, 0.1) is 0 Å². The summed E-state index contributed by atoms with van der Waals surface area (Å²) >= 11 is 1.85. The second kappa shape index (κ2) is 5.46. The number of amides is 1. The van der Waals surface area contributed by atoms with Crippen LogP contribution in [0.1, 0.15) is 13.3 Å². The highest BCUT2D eigenvalue weighted by Gasteiger charge is 2.34. The van der Waals surface area contributed by atoms with Gasteiger partial charge in [0, 0.05) is 12.9 Å². The third kappa shape index (κ3) is 3.06. The van der Waals surface area contributed by atoms with Gasteiger partial charge in [0.1, 0.15) is 0 Å². The predicted octanol–water partition coefficient (Wildman–Crippen LogP) is 1.25. The number of methoxy groups -OCH3 is 1. The van der Waals surface area contributed by atoms with Crippen LogP contribution in [0.5, 0.6) is 0 Å². The van der Waals surface area contributed by atoms with Crippen LogP contribution in [0.25, 0.3) is 0 Å². The molecule has 5 heteroatoms. The Morgan fingerprint density at radius 3 is 2.93 bits per heavy atom. The minimum atomic E-state index is -0.360. The fraction of sp³-hybridized carbons (Fsp3) is 0.889. The Hall–Kier alpha value is -0.420. The number of rotatable bonds is 4. The third-order valence-electron chi connectivity index (χ3n) is 2.33. The average molecular weight is 219 g/mol. The van der Waals surface area contributed by atoms with Crippen molar-refractivity contribution in [1.82, 2.24) is 5.32 Å². The SMILES string of the molecule is CCOC(=O)NC[C@@]1(OC)CCSC1. The molecule has 0 aromatic carbocycles. The zero-order valence-electron chi connectivity index (χ0n) is 8.67. The van der Waals surface area contributed by atoms with Crippen LogP contribution in [0.15, 0.2) is 0 Å². The summed E-state index contributed by atoms with van der Waals surface area (Å²) in [5, 5.41) is 2.72. The van der Waals surface area contributed by atoms with Gasteiger partial charge in [0.15, 0.2) is 0 Å². The van der Waals surface area contributed by atoms with Crippen molar-refractivity contribution >= 4 is 17.9 Å². The van der Waals surface area contributed by atoms with Gasteiger partial charge in [-0.05, 0) is 19.1 Å². The lowest BCUT2D eigenvalue weighted by atomic mass is 10.0. The second-order valence-corrected chi connectivity index (χ2v) is 4.37. The van der Waals surface area contributed by atoms with E-state index in [4.69, 9.17) is 9.47 Å². The van der Waals surface area contributed by atoms with Crippen LogP contribution in [-0.2, 0) is 9.47 Å². The van der Waals surface area contributed by atoms with Gasteiger partial charge in [0.2, 0.25) is 0 Å². The van der Waals surface area contributed by atoms with Crippen LogP contribution in [0.3, 0.4) is 0 Å². The highest BCUT2D eigenvalue weighted by atomic mass is 32.2. The van der Waals surface area contributed by atoms with Crippen molar-refractivity contribution in [3.63, 3.8) is 0 Å². The van der Waals surface area contributed by atoms with Crippen LogP contribution >= 0.6 is 11.8 Å². The van der Waals surface area contributed by atoms with Crippen LogP contribution in [0.2, 0.25) is 0 Å². The zero-order valence-corrected chi connectivity index (χ0v) is 9.49. The molecule has 0 aromatic heterocycles. The number of carbonyl (C=O) groups is 1. The summed E-state index contributed by atoms with van der Waals surface area (Å²) in [5.74, 6) is 2.04. The molecule has 1 aliphatic rings. The van der Waals surface area contributed by atoms with Gasteiger partial charge >= 0.3 is 6.09 Å². The summed E-state index contributed by atoms with van der Waals surface area (Å²) < 4.78 is 10.2. The molecule has 0 aliphatic carbocycles. The molecule has 1 heterocycles. The van der Waals surface area contributed by atoms with Gasteiger partial charge in [-0.1, -0.05) is 0 Å². The summed E-state index contributed by atoms with van der Waals surface area (Å²) in [6.45, 7) is 2.73. The number of hydrogen-bond donors (Lipinski definition) is 1. The number of hydrogen-bond acceptors (Lipinski definition) is 4. The zero-order chi connectivity index (χ0) is 10.4. The molecule has 0 spiro atoms. The van der Waals surface area contributed by atoms with E-state index >= 15 is 0 Å². The van der Waals surface area contributed by atoms with Gasteiger partial charge in [0.25, 0.3) is 0 Å². The number of carbonyl (C=O) groups excluding carboxylic acids is 1. The first kappa shape index (κ1) is 11.7. The Kier molecular flexibility index (Phi) is 4.54. The van der Waals surface area contributed by atoms with Crippen molar-refractivity contribution in [2.45, 2.75) is 18.9 Å². The van der Waals surface area contributed by atoms with Gasteiger partial charge in [-0.25, -0.2) is 4.79 Å². The Balaban J connectivity index is 2.30. The van der Waals surface area contributed by atoms with E-state index in [0.29, 0.717) is 13.2 Å². The molecule has 0 radical (unpaired) electrons. The molecule has 1 amide bonds. The average Bonchev–Trinajstić information content (AvgIpc) is 2.65. The molecule has 0 saturated carbocycles. The lowest BCUT2D eigenvalue weighted by Crippen LogP contribution is -2.44. The maximum absolute atomic E-state index is 11.1. The van der Waals surface area contributed by atoms with Gasteiger partial charge in [0.05, 0.1) is 18.8 Å². The van der Waals surface area contributed by atoms with Crippen molar-refractivity contribution in [2.24, 2.45) is 0 Å². The summed E-state index contributed by atoms with van der Waals surface area (Å²) in [4.78, 5) is 11.1. The van der Waals surface area contributed by atoms with Crippen molar-refractivity contribution in [2.75, 3.05) is 31.8 Å². The minimum Gasteiger partial charge on any atom is -0.450 e. The van der Waals surface area contributed by atoms with E-state index in [2.05, 4.69) is 5.32 Å².